The van der Waals surface area contributed by atoms with Crippen LogP contribution in [-0.4, -0.2) is 51.5 Å². The number of carbonyl (C=O) groups is 1. The van der Waals surface area contributed by atoms with E-state index in [0.717, 1.165) is 39.2 Å². The van der Waals surface area contributed by atoms with Crippen LogP contribution in [-0.2, 0) is 5.41 Å². The molecule has 3 heterocycles. The molecule has 0 N–H and O–H groups in total. The number of rotatable bonds is 4. The lowest BCUT2D eigenvalue weighted by atomic mass is 9.86. The Hall–Kier alpha value is -4.45. The van der Waals surface area contributed by atoms with E-state index in [0.29, 0.717) is 26.2 Å². The van der Waals surface area contributed by atoms with Crippen LogP contribution < -0.4 is 4.90 Å². The lowest BCUT2D eigenvalue weighted by molar-refractivity contribution is 0.0746. The Kier molecular flexibility index (Phi) is 6.62. The number of nitrogens with zero attached hydrogens (tertiary/aromatic N) is 5. The van der Waals surface area contributed by atoms with Gasteiger partial charge in [0.25, 0.3) is 5.91 Å². The lowest BCUT2D eigenvalue weighted by Crippen LogP contribution is -2.49. The van der Waals surface area contributed by atoms with Gasteiger partial charge in [0.05, 0.1) is 5.39 Å². The fourth-order valence-electron chi connectivity index (χ4n) is 5.56. The van der Waals surface area contributed by atoms with Crippen molar-refractivity contribution in [3.63, 3.8) is 0 Å². The maximum Gasteiger partial charge on any atom is 0.253 e. The molecule has 0 aliphatic carbocycles. The standard InChI is InChI=1S/C34H35N5O/c1-24-10-8-9-13-29(24)39-22-28(25-11-6-5-7-12-25)30-31(35-23-36-32(30)39)37-18-20-38(21-19-37)33(40)26-14-16-27(17-15-26)34(2,3)4/h5-17,22-23H,18-21H2,1-4H3. The molecule has 202 valence electrons. The fraction of sp³-hybridized carbons (Fsp3) is 0.265. The summed E-state index contributed by atoms with van der Waals surface area (Å²) in [7, 11) is 0. The third kappa shape index (κ3) is 4.75. The molecule has 1 aliphatic rings. The maximum absolute atomic E-state index is 13.3. The third-order valence-corrected chi connectivity index (χ3v) is 7.89. The molecule has 5 aromatic rings. The van der Waals surface area contributed by atoms with Crippen molar-refractivity contribution in [1.29, 1.82) is 0 Å². The van der Waals surface area contributed by atoms with Gasteiger partial charge >= 0.3 is 0 Å². The summed E-state index contributed by atoms with van der Waals surface area (Å²) in [5.41, 5.74) is 7.44. The first-order chi connectivity index (χ1) is 19.3. The second kappa shape index (κ2) is 10.3. The monoisotopic (exact) mass is 529 g/mol. The summed E-state index contributed by atoms with van der Waals surface area (Å²) in [6.07, 6.45) is 3.84. The zero-order chi connectivity index (χ0) is 27.9. The van der Waals surface area contributed by atoms with Crippen molar-refractivity contribution >= 4 is 22.8 Å². The van der Waals surface area contributed by atoms with Crippen molar-refractivity contribution in [2.24, 2.45) is 0 Å². The number of benzene rings is 3. The van der Waals surface area contributed by atoms with Crippen molar-refractivity contribution < 1.29 is 4.79 Å². The van der Waals surface area contributed by atoms with Crippen LogP contribution in [0, 0.1) is 6.92 Å². The minimum atomic E-state index is 0.0623. The fourth-order valence-corrected chi connectivity index (χ4v) is 5.56. The molecule has 0 bridgehead atoms. The molecule has 0 spiro atoms. The van der Waals surface area contributed by atoms with E-state index < -0.39 is 0 Å². The number of hydrogen-bond acceptors (Lipinski definition) is 4. The first-order valence-corrected chi connectivity index (χ1v) is 13.9. The molecule has 6 rings (SSSR count). The van der Waals surface area contributed by atoms with Crippen LogP contribution in [0.1, 0.15) is 42.3 Å². The van der Waals surface area contributed by atoms with Crippen molar-refractivity contribution in [3.05, 3.63) is 108 Å². The van der Waals surface area contributed by atoms with E-state index in [1.807, 2.05) is 23.1 Å². The Bertz CT molecular complexity index is 1660. The molecule has 0 radical (unpaired) electrons. The highest BCUT2D eigenvalue weighted by Gasteiger charge is 2.27. The SMILES string of the molecule is Cc1ccccc1-n1cc(-c2ccccc2)c2c(N3CCN(C(=O)c4ccc(C(C)(C)C)cc4)CC3)ncnc21. The average Bonchev–Trinajstić information content (AvgIpc) is 3.37. The largest absolute Gasteiger partial charge is 0.352 e. The van der Waals surface area contributed by atoms with Gasteiger partial charge in [-0.05, 0) is 47.2 Å². The average molecular weight is 530 g/mol. The van der Waals surface area contributed by atoms with Gasteiger partial charge in [-0.3, -0.25) is 4.79 Å². The highest BCUT2D eigenvalue weighted by Crippen LogP contribution is 2.37. The van der Waals surface area contributed by atoms with Gasteiger partial charge in [-0.15, -0.1) is 0 Å². The summed E-state index contributed by atoms with van der Waals surface area (Å²) in [6, 6.07) is 26.9. The highest BCUT2D eigenvalue weighted by molar-refractivity contribution is 6.02. The summed E-state index contributed by atoms with van der Waals surface area (Å²) < 4.78 is 2.18. The van der Waals surface area contributed by atoms with Gasteiger partial charge < -0.3 is 14.4 Å². The summed E-state index contributed by atoms with van der Waals surface area (Å²) in [6.45, 7) is 11.4. The predicted octanol–water partition coefficient (Wildman–Crippen LogP) is 6.66. The van der Waals surface area contributed by atoms with Crippen LogP contribution in [0.2, 0.25) is 0 Å². The summed E-state index contributed by atoms with van der Waals surface area (Å²) in [4.78, 5) is 27.2. The number of hydrogen-bond donors (Lipinski definition) is 0. The minimum absolute atomic E-state index is 0.0623. The van der Waals surface area contributed by atoms with Crippen LogP contribution in [0.4, 0.5) is 5.82 Å². The highest BCUT2D eigenvalue weighted by atomic mass is 16.2. The van der Waals surface area contributed by atoms with E-state index >= 15 is 0 Å². The Balaban J connectivity index is 1.32. The number of amides is 1. The molecule has 1 saturated heterocycles. The molecular weight excluding hydrogens is 494 g/mol. The number of para-hydroxylation sites is 1. The quantitative estimate of drug-likeness (QED) is 0.261. The molecular formula is C34H35N5O. The topological polar surface area (TPSA) is 54.3 Å². The minimum Gasteiger partial charge on any atom is -0.352 e. The summed E-state index contributed by atoms with van der Waals surface area (Å²) in [5.74, 6) is 1.00. The maximum atomic E-state index is 13.3. The Labute approximate surface area is 235 Å². The zero-order valence-electron chi connectivity index (χ0n) is 23.6. The van der Waals surface area contributed by atoms with Gasteiger partial charge in [0.15, 0.2) is 5.65 Å². The number of aromatic nitrogens is 3. The first kappa shape index (κ1) is 25.8. The molecule has 40 heavy (non-hydrogen) atoms. The Morgan fingerprint density at radius 1 is 0.800 bits per heavy atom. The molecule has 2 aromatic heterocycles. The van der Waals surface area contributed by atoms with E-state index in [9.17, 15) is 4.79 Å². The lowest BCUT2D eigenvalue weighted by Gasteiger charge is -2.35. The molecule has 1 aliphatic heterocycles. The molecule has 6 heteroatoms. The van der Waals surface area contributed by atoms with Gasteiger partial charge in [0, 0.05) is 49.2 Å². The smallest absolute Gasteiger partial charge is 0.253 e. The molecule has 6 nitrogen and oxygen atoms in total. The van der Waals surface area contributed by atoms with E-state index in [4.69, 9.17) is 9.97 Å². The molecule has 0 unspecified atom stereocenters. The molecule has 0 saturated carbocycles. The van der Waals surface area contributed by atoms with Gasteiger partial charge in [0.2, 0.25) is 0 Å². The van der Waals surface area contributed by atoms with Crippen molar-refractivity contribution in [2.45, 2.75) is 33.1 Å². The predicted molar refractivity (Wildman–Crippen MR) is 162 cm³/mol. The number of aryl methyl sites for hydroxylation is 1. The van der Waals surface area contributed by atoms with Crippen LogP contribution >= 0.6 is 0 Å². The summed E-state index contributed by atoms with van der Waals surface area (Å²) in [5, 5.41) is 1.04. The number of carbonyl (C=O) groups excluding carboxylic acids is 1. The van der Waals surface area contributed by atoms with Gasteiger partial charge in [-0.1, -0.05) is 81.4 Å². The number of anilines is 1. The number of piperazine rings is 1. The molecule has 1 amide bonds. The third-order valence-electron chi connectivity index (χ3n) is 7.89. The van der Waals surface area contributed by atoms with Crippen LogP contribution in [0.3, 0.4) is 0 Å². The van der Waals surface area contributed by atoms with E-state index in [2.05, 4.69) is 104 Å². The van der Waals surface area contributed by atoms with Crippen molar-refractivity contribution in [1.82, 2.24) is 19.4 Å². The van der Waals surface area contributed by atoms with Crippen molar-refractivity contribution in [3.8, 4) is 16.8 Å². The Morgan fingerprint density at radius 3 is 2.15 bits per heavy atom. The second-order valence-electron chi connectivity index (χ2n) is 11.6. The van der Waals surface area contributed by atoms with E-state index in [-0.39, 0.29) is 11.3 Å². The first-order valence-electron chi connectivity index (χ1n) is 13.9. The zero-order valence-corrected chi connectivity index (χ0v) is 23.6. The molecule has 3 aromatic carbocycles. The van der Waals surface area contributed by atoms with Gasteiger partial charge in [-0.25, -0.2) is 9.97 Å². The summed E-state index contributed by atoms with van der Waals surface area (Å²) >= 11 is 0. The van der Waals surface area contributed by atoms with Gasteiger partial charge in [-0.2, -0.15) is 0 Å². The van der Waals surface area contributed by atoms with Crippen molar-refractivity contribution in [2.75, 3.05) is 31.1 Å². The number of fused-ring (bicyclic) bond motifs is 1. The van der Waals surface area contributed by atoms with Crippen LogP contribution in [0.5, 0.6) is 0 Å². The van der Waals surface area contributed by atoms with Crippen LogP contribution in [0.25, 0.3) is 27.8 Å². The molecule has 0 atom stereocenters. The van der Waals surface area contributed by atoms with E-state index in [1.54, 1.807) is 6.33 Å². The molecule has 1 fully saturated rings. The normalized spacial score (nSPS) is 14.1. The van der Waals surface area contributed by atoms with E-state index in [1.165, 1.54) is 11.1 Å². The Morgan fingerprint density at radius 2 is 1.48 bits per heavy atom. The van der Waals surface area contributed by atoms with Crippen LogP contribution in [0.15, 0.2) is 91.4 Å². The van der Waals surface area contributed by atoms with Gasteiger partial charge in [0.1, 0.15) is 12.1 Å². The second-order valence-corrected chi connectivity index (χ2v) is 11.6.